The normalized spacial score (nSPS) is 13.8. The first kappa shape index (κ1) is 15.3. The summed E-state index contributed by atoms with van der Waals surface area (Å²) in [6.45, 7) is 1.20. The summed E-state index contributed by atoms with van der Waals surface area (Å²) >= 11 is 11.7. The Bertz CT molecular complexity index is 917. The van der Waals surface area contributed by atoms with Gasteiger partial charge in [-0.05, 0) is 30.2 Å². The second kappa shape index (κ2) is 6.00. The Kier molecular flexibility index (Phi) is 3.82. The molecule has 4 rings (SSSR count). The monoisotopic (exact) mass is 360 g/mol. The van der Waals surface area contributed by atoms with Gasteiger partial charge in [-0.3, -0.25) is 0 Å². The van der Waals surface area contributed by atoms with Crippen LogP contribution in [-0.2, 0) is 13.0 Å². The van der Waals surface area contributed by atoms with E-state index in [0.29, 0.717) is 18.8 Å². The van der Waals surface area contributed by atoms with Gasteiger partial charge in [-0.2, -0.15) is 0 Å². The predicted molar refractivity (Wildman–Crippen MR) is 95.7 cm³/mol. The third kappa shape index (κ3) is 2.81. The number of carbonyl (C=O) groups excluding carboxylic acids is 1. The van der Waals surface area contributed by atoms with Crippen molar-refractivity contribution in [2.75, 3.05) is 11.9 Å². The SMILES string of the molecule is O=C(Nc1cc(Cl)nc(Cl)c1)N1CCc2c([nH]c3ccccc23)C1. The lowest BCUT2D eigenvalue weighted by Gasteiger charge is -2.27. The zero-order valence-electron chi connectivity index (χ0n) is 12.6. The van der Waals surface area contributed by atoms with Gasteiger partial charge in [0.15, 0.2) is 0 Å². The molecule has 0 saturated heterocycles. The van der Waals surface area contributed by atoms with E-state index in [2.05, 4.69) is 27.4 Å². The van der Waals surface area contributed by atoms with Gasteiger partial charge in [0.25, 0.3) is 0 Å². The third-order valence-electron chi connectivity index (χ3n) is 4.18. The van der Waals surface area contributed by atoms with Crippen LogP contribution >= 0.6 is 23.2 Å². The number of nitrogens with one attached hydrogen (secondary N) is 2. The van der Waals surface area contributed by atoms with E-state index in [0.717, 1.165) is 17.6 Å². The van der Waals surface area contributed by atoms with Gasteiger partial charge in [-0.15, -0.1) is 0 Å². The van der Waals surface area contributed by atoms with Crippen molar-refractivity contribution in [2.45, 2.75) is 13.0 Å². The topological polar surface area (TPSA) is 61.0 Å². The highest BCUT2D eigenvalue weighted by Gasteiger charge is 2.24. The van der Waals surface area contributed by atoms with Gasteiger partial charge in [-0.1, -0.05) is 41.4 Å². The minimum absolute atomic E-state index is 0.183. The molecule has 5 nitrogen and oxygen atoms in total. The molecule has 0 fully saturated rings. The summed E-state index contributed by atoms with van der Waals surface area (Å²) in [5.41, 5.74) is 4.03. The van der Waals surface area contributed by atoms with E-state index < -0.39 is 0 Å². The van der Waals surface area contributed by atoms with Crippen LogP contribution in [0.25, 0.3) is 10.9 Å². The van der Waals surface area contributed by atoms with Gasteiger partial charge in [0.2, 0.25) is 0 Å². The molecule has 24 heavy (non-hydrogen) atoms. The Balaban J connectivity index is 1.54. The molecule has 2 N–H and O–H groups in total. The first-order chi connectivity index (χ1) is 11.6. The molecule has 122 valence electrons. The number of nitrogens with zero attached hydrogens (tertiary/aromatic N) is 2. The van der Waals surface area contributed by atoms with Gasteiger partial charge in [0, 0.05) is 28.8 Å². The van der Waals surface area contributed by atoms with E-state index in [1.807, 2.05) is 12.1 Å². The van der Waals surface area contributed by atoms with Gasteiger partial charge in [0.05, 0.1) is 6.54 Å². The molecule has 1 aromatic carbocycles. The highest BCUT2D eigenvalue weighted by atomic mass is 35.5. The van der Waals surface area contributed by atoms with E-state index in [1.54, 1.807) is 17.0 Å². The van der Waals surface area contributed by atoms with E-state index in [1.165, 1.54) is 10.9 Å². The molecule has 2 aromatic heterocycles. The third-order valence-corrected chi connectivity index (χ3v) is 4.57. The molecule has 0 atom stereocenters. The molecule has 1 aliphatic heterocycles. The van der Waals surface area contributed by atoms with Gasteiger partial charge >= 0.3 is 6.03 Å². The van der Waals surface area contributed by atoms with Crippen molar-refractivity contribution in [3.05, 3.63) is 58.0 Å². The maximum Gasteiger partial charge on any atom is 0.322 e. The zero-order chi connectivity index (χ0) is 16.7. The quantitative estimate of drug-likeness (QED) is 0.629. The molecule has 0 aliphatic carbocycles. The standard InChI is InChI=1S/C17H14Cl2N4O/c18-15-7-10(8-16(19)22-15)20-17(24)23-6-5-12-11-3-1-2-4-13(11)21-14(12)9-23/h1-4,7-8,21H,5-6,9H2,(H,20,22,24). The average molecular weight is 361 g/mol. The molecule has 0 radical (unpaired) electrons. The summed E-state index contributed by atoms with van der Waals surface area (Å²) in [7, 11) is 0. The molecule has 1 aliphatic rings. The first-order valence-corrected chi connectivity index (χ1v) is 8.33. The van der Waals surface area contributed by atoms with E-state index in [9.17, 15) is 4.79 Å². The van der Waals surface area contributed by atoms with Crippen LogP contribution in [0.4, 0.5) is 10.5 Å². The molecule has 0 saturated carbocycles. The molecular formula is C17H14Cl2N4O. The lowest BCUT2D eigenvalue weighted by Crippen LogP contribution is -2.38. The van der Waals surface area contributed by atoms with Crippen LogP contribution < -0.4 is 5.32 Å². The highest BCUT2D eigenvalue weighted by Crippen LogP contribution is 2.28. The number of hydrogen-bond donors (Lipinski definition) is 2. The Morgan fingerprint density at radius 3 is 2.75 bits per heavy atom. The number of para-hydroxylation sites is 1. The van der Waals surface area contributed by atoms with Crippen molar-refractivity contribution in [2.24, 2.45) is 0 Å². The summed E-state index contributed by atoms with van der Waals surface area (Å²) in [5, 5.41) is 4.55. The molecule has 0 unspecified atom stereocenters. The van der Waals surface area contributed by atoms with Gasteiger partial charge in [0.1, 0.15) is 10.3 Å². The summed E-state index contributed by atoms with van der Waals surface area (Å²) < 4.78 is 0. The van der Waals surface area contributed by atoms with Gasteiger partial charge in [-0.25, -0.2) is 9.78 Å². The van der Waals surface area contributed by atoms with Crippen molar-refractivity contribution in [1.29, 1.82) is 0 Å². The van der Waals surface area contributed by atoms with Crippen LogP contribution in [0.15, 0.2) is 36.4 Å². The van der Waals surface area contributed by atoms with Crippen LogP contribution in [0, 0.1) is 0 Å². The molecule has 3 aromatic rings. The summed E-state index contributed by atoms with van der Waals surface area (Å²) in [6, 6.07) is 11.2. The molecule has 3 heterocycles. The fourth-order valence-corrected chi connectivity index (χ4v) is 3.57. The van der Waals surface area contributed by atoms with Crippen molar-refractivity contribution in [3.63, 3.8) is 0 Å². The molecule has 0 bridgehead atoms. The number of rotatable bonds is 1. The Hall–Kier alpha value is -2.24. The van der Waals surface area contributed by atoms with Crippen LogP contribution in [0.5, 0.6) is 0 Å². The predicted octanol–water partition coefficient (Wildman–Crippen LogP) is 4.46. The largest absolute Gasteiger partial charge is 0.357 e. The first-order valence-electron chi connectivity index (χ1n) is 7.57. The maximum absolute atomic E-state index is 12.5. The van der Waals surface area contributed by atoms with Crippen LogP contribution in [-0.4, -0.2) is 27.4 Å². The number of anilines is 1. The second-order valence-electron chi connectivity index (χ2n) is 5.73. The number of carbonyl (C=O) groups is 1. The van der Waals surface area contributed by atoms with E-state index in [4.69, 9.17) is 23.2 Å². The summed E-state index contributed by atoms with van der Waals surface area (Å²) in [5.74, 6) is 0. The van der Waals surface area contributed by atoms with E-state index >= 15 is 0 Å². The molecular weight excluding hydrogens is 347 g/mol. The van der Waals surface area contributed by atoms with Gasteiger partial charge < -0.3 is 15.2 Å². The lowest BCUT2D eigenvalue weighted by atomic mass is 10.0. The highest BCUT2D eigenvalue weighted by molar-refractivity contribution is 6.32. The smallest absolute Gasteiger partial charge is 0.322 e. The molecule has 2 amide bonds. The summed E-state index contributed by atoms with van der Waals surface area (Å²) in [4.78, 5) is 21.6. The van der Waals surface area contributed by atoms with Crippen LogP contribution in [0.3, 0.4) is 0 Å². The minimum Gasteiger partial charge on any atom is -0.357 e. The van der Waals surface area contributed by atoms with Crippen molar-refractivity contribution in [3.8, 4) is 0 Å². The fraction of sp³-hybridized carbons (Fsp3) is 0.176. The number of aromatic amines is 1. The van der Waals surface area contributed by atoms with E-state index in [-0.39, 0.29) is 16.3 Å². The number of aromatic nitrogens is 2. The zero-order valence-corrected chi connectivity index (χ0v) is 14.2. The van der Waals surface area contributed by atoms with Crippen molar-refractivity contribution in [1.82, 2.24) is 14.9 Å². The lowest BCUT2D eigenvalue weighted by molar-refractivity contribution is 0.206. The fourth-order valence-electron chi connectivity index (χ4n) is 3.11. The number of amides is 2. The number of H-pyrrole nitrogens is 1. The second-order valence-corrected chi connectivity index (χ2v) is 6.51. The maximum atomic E-state index is 12.5. The Morgan fingerprint density at radius 2 is 1.96 bits per heavy atom. The Morgan fingerprint density at radius 1 is 1.21 bits per heavy atom. The Labute approximate surface area is 148 Å². The number of benzene rings is 1. The average Bonchev–Trinajstić information content (AvgIpc) is 2.91. The number of fused-ring (bicyclic) bond motifs is 3. The van der Waals surface area contributed by atoms with Crippen LogP contribution in [0.1, 0.15) is 11.3 Å². The number of pyridine rings is 1. The molecule has 7 heteroatoms. The number of urea groups is 1. The van der Waals surface area contributed by atoms with Crippen molar-refractivity contribution >= 4 is 45.8 Å². The number of hydrogen-bond acceptors (Lipinski definition) is 2. The van der Waals surface area contributed by atoms with Crippen molar-refractivity contribution < 1.29 is 4.79 Å². The van der Waals surface area contributed by atoms with Crippen LogP contribution in [0.2, 0.25) is 10.3 Å². The number of halogens is 2. The molecule has 0 spiro atoms. The minimum atomic E-state index is -0.183. The summed E-state index contributed by atoms with van der Waals surface area (Å²) in [6.07, 6.45) is 0.824.